The van der Waals surface area contributed by atoms with Crippen molar-refractivity contribution in [3.8, 4) is 5.75 Å². The van der Waals surface area contributed by atoms with E-state index in [1.165, 1.54) is 5.56 Å². The number of hydrogen-bond acceptors (Lipinski definition) is 3. The molecule has 1 aromatic carbocycles. The van der Waals surface area contributed by atoms with Crippen molar-refractivity contribution in [2.24, 2.45) is 7.05 Å². The number of benzene rings is 1. The maximum absolute atomic E-state index is 6.08. The third kappa shape index (κ3) is 2.24. The predicted molar refractivity (Wildman–Crippen MR) is 74.2 cm³/mol. The summed E-state index contributed by atoms with van der Waals surface area (Å²) < 4.78 is 8.14. The lowest BCUT2D eigenvalue weighted by Gasteiger charge is -2.23. The molecule has 0 radical (unpaired) electrons. The van der Waals surface area contributed by atoms with Crippen LogP contribution in [0.2, 0.25) is 0 Å². The first kappa shape index (κ1) is 12.2. The van der Waals surface area contributed by atoms with Crippen molar-refractivity contribution in [1.82, 2.24) is 14.9 Å². The molecule has 1 aliphatic rings. The first-order valence-electron chi connectivity index (χ1n) is 6.74. The minimum atomic E-state index is 0.110. The third-order valence-corrected chi connectivity index (χ3v) is 3.60. The van der Waals surface area contributed by atoms with E-state index in [-0.39, 0.29) is 12.1 Å². The molecule has 2 aromatic rings. The fourth-order valence-electron chi connectivity index (χ4n) is 2.68. The molecule has 0 spiro atoms. The molecule has 0 saturated heterocycles. The van der Waals surface area contributed by atoms with Crippen LogP contribution in [0.25, 0.3) is 0 Å². The molecule has 0 aliphatic carbocycles. The van der Waals surface area contributed by atoms with Gasteiger partial charge in [-0.3, -0.25) is 0 Å². The number of nitrogens with zero attached hydrogens (tertiary/aromatic N) is 2. The molecule has 1 aromatic heterocycles. The molecule has 4 nitrogen and oxygen atoms in total. The van der Waals surface area contributed by atoms with Crippen LogP contribution in [0.4, 0.5) is 0 Å². The topological polar surface area (TPSA) is 39.1 Å². The van der Waals surface area contributed by atoms with Crippen molar-refractivity contribution in [3.63, 3.8) is 0 Å². The second-order valence-corrected chi connectivity index (χ2v) is 4.90. The van der Waals surface area contributed by atoms with E-state index in [0.717, 1.165) is 24.5 Å². The fourth-order valence-corrected chi connectivity index (χ4v) is 2.68. The van der Waals surface area contributed by atoms with E-state index in [2.05, 4.69) is 33.9 Å². The van der Waals surface area contributed by atoms with Gasteiger partial charge in [-0.25, -0.2) is 4.98 Å². The van der Waals surface area contributed by atoms with Crippen LogP contribution in [0.15, 0.2) is 36.7 Å². The highest BCUT2D eigenvalue weighted by Gasteiger charge is 2.32. The number of imidazole rings is 1. The van der Waals surface area contributed by atoms with Crippen LogP contribution in [-0.4, -0.2) is 22.2 Å². The van der Waals surface area contributed by atoms with Crippen LogP contribution in [0.5, 0.6) is 5.75 Å². The van der Waals surface area contributed by atoms with E-state index in [1.54, 1.807) is 0 Å². The zero-order valence-electron chi connectivity index (χ0n) is 11.3. The number of para-hydroxylation sites is 1. The monoisotopic (exact) mass is 257 g/mol. The lowest BCUT2D eigenvalue weighted by atomic mass is 10.0. The minimum Gasteiger partial charge on any atom is -0.488 e. The first-order valence-corrected chi connectivity index (χ1v) is 6.74. The molecule has 2 unspecified atom stereocenters. The van der Waals surface area contributed by atoms with Gasteiger partial charge in [0.15, 0.2) is 0 Å². The van der Waals surface area contributed by atoms with Gasteiger partial charge in [-0.2, -0.15) is 0 Å². The highest BCUT2D eigenvalue weighted by molar-refractivity contribution is 5.38. The molecule has 2 heterocycles. The Balaban J connectivity index is 1.86. The number of ether oxygens (including phenoxy) is 1. The highest BCUT2D eigenvalue weighted by Crippen LogP contribution is 2.33. The summed E-state index contributed by atoms with van der Waals surface area (Å²) in [4.78, 5) is 4.46. The van der Waals surface area contributed by atoms with E-state index >= 15 is 0 Å². The van der Waals surface area contributed by atoms with Crippen LogP contribution < -0.4 is 10.1 Å². The molecule has 1 aliphatic heterocycles. The zero-order chi connectivity index (χ0) is 13.2. The molecular formula is C15H19N3O. The van der Waals surface area contributed by atoms with E-state index in [9.17, 15) is 0 Å². The Morgan fingerprint density at radius 2 is 2.32 bits per heavy atom. The maximum atomic E-state index is 6.08. The molecule has 0 saturated carbocycles. The number of fused-ring (bicyclic) bond motifs is 1. The molecule has 0 amide bonds. The Morgan fingerprint density at radius 3 is 3.00 bits per heavy atom. The van der Waals surface area contributed by atoms with Crippen molar-refractivity contribution in [2.45, 2.75) is 25.5 Å². The maximum Gasteiger partial charge on any atom is 0.129 e. The number of hydrogen-bond donors (Lipinski definition) is 1. The second-order valence-electron chi connectivity index (χ2n) is 4.90. The normalized spacial score (nSPS) is 18.9. The number of rotatable bonds is 4. The number of aryl methyl sites for hydroxylation is 1. The van der Waals surface area contributed by atoms with Crippen molar-refractivity contribution < 1.29 is 4.74 Å². The van der Waals surface area contributed by atoms with Crippen molar-refractivity contribution in [1.29, 1.82) is 0 Å². The minimum absolute atomic E-state index is 0.110. The van der Waals surface area contributed by atoms with Crippen LogP contribution in [0, 0.1) is 0 Å². The number of nitrogens with one attached hydrogen (secondary N) is 1. The highest BCUT2D eigenvalue weighted by atomic mass is 16.5. The van der Waals surface area contributed by atoms with Crippen LogP contribution in [-0.2, 0) is 13.5 Å². The van der Waals surface area contributed by atoms with Gasteiger partial charge in [0.05, 0.1) is 0 Å². The standard InChI is InChI=1S/C15H19N3O/c1-3-16-14(15-17-8-9-18(15)2)13-10-11-6-4-5-7-12(11)19-13/h4-9,13-14,16H,3,10H2,1-2H3. The summed E-state index contributed by atoms with van der Waals surface area (Å²) in [5.41, 5.74) is 1.28. The van der Waals surface area contributed by atoms with Crippen LogP contribution in [0.1, 0.15) is 24.4 Å². The summed E-state index contributed by atoms with van der Waals surface area (Å²) in [5, 5.41) is 3.49. The Morgan fingerprint density at radius 1 is 1.47 bits per heavy atom. The van der Waals surface area contributed by atoms with Gasteiger partial charge in [-0.15, -0.1) is 0 Å². The zero-order valence-corrected chi connectivity index (χ0v) is 11.3. The molecule has 100 valence electrons. The average molecular weight is 257 g/mol. The van der Waals surface area contributed by atoms with E-state index in [4.69, 9.17) is 4.74 Å². The molecule has 0 fully saturated rings. The Kier molecular flexibility index (Phi) is 3.25. The Labute approximate surface area is 113 Å². The summed E-state index contributed by atoms with van der Waals surface area (Å²) in [6, 6.07) is 8.38. The van der Waals surface area contributed by atoms with Gasteiger partial charge in [0.1, 0.15) is 23.7 Å². The number of aromatic nitrogens is 2. The molecule has 19 heavy (non-hydrogen) atoms. The number of likely N-dealkylation sites (N-methyl/N-ethyl adjacent to an activating group) is 1. The van der Waals surface area contributed by atoms with Crippen LogP contribution in [0.3, 0.4) is 0 Å². The average Bonchev–Trinajstić information content (AvgIpc) is 3.02. The summed E-state index contributed by atoms with van der Waals surface area (Å²) in [5.74, 6) is 2.03. The lowest BCUT2D eigenvalue weighted by Crippen LogP contribution is -2.36. The van der Waals surface area contributed by atoms with Gasteiger partial charge in [-0.05, 0) is 18.2 Å². The molecule has 0 bridgehead atoms. The van der Waals surface area contributed by atoms with Gasteiger partial charge in [0, 0.05) is 25.9 Å². The van der Waals surface area contributed by atoms with Gasteiger partial charge in [-0.1, -0.05) is 25.1 Å². The quantitative estimate of drug-likeness (QED) is 0.911. The van der Waals surface area contributed by atoms with Crippen molar-refractivity contribution in [3.05, 3.63) is 48.0 Å². The van der Waals surface area contributed by atoms with Gasteiger partial charge in [0.2, 0.25) is 0 Å². The van der Waals surface area contributed by atoms with E-state index < -0.39 is 0 Å². The largest absolute Gasteiger partial charge is 0.488 e. The van der Waals surface area contributed by atoms with Gasteiger partial charge >= 0.3 is 0 Å². The molecule has 1 N–H and O–H groups in total. The molecule has 3 rings (SSSR count). The van der Waals surface area contributed by atoms with Gasteiger partial charge < -0.3 is 14.6 Å². The molecule has 2 atom stereocenters. The Bertz CT molecular complexity index is 539. The summed E-state index contributed by atoms with van der Waals surface area (Å²) >= 11 is 0. The van der Waals surface area contributed by atoms with Crippen molar-refractivity contribution in [2.75, 3.05) is 6.54 Å². The predicted octanol–water partition coefficient (Wildman–Crippen LogP) is 2.07. The smallest absolute Gasteiger partial charge is 0.129 e. The lowest BCUT2D eigenvalue weighted by molar-refractivity contribution is 0.173. The fraction of sp³-hybridized carbons (Fsp3) is 0.400. The SMILES string of the molecule is CCNC(c1nccn1C)C1Cc2ccccc2O1. The van der Waals surface area contributed by atoms with Crippen LogP contribution >= 0.6 is 0 Å². The van der Waals surface area contributed by atoms with Gasteiger partial charge in [0.25, 0.3) is 0 Å². The second kappa shape index (κ2) is 5.05. The molecular weight excluding hydrogens is 238 g/mol. The Hall–Kier alpha value is -1.81. The van der Waals surface area contributed by atoms with E-state index in [0.29, 0.717) is 0 Å². The summed E-state index contributed by atoms with van der Waals surface area (Å²) in [7, 11) is 2.02. The third-order valence-electron chi connectivity index (χ3n) is 3.60. The molecule has 4 heteroatoms. The first-order chi connectivity index (χ1) is 9.29. The summed E-state index contributed by atoms with van der Waals surface area (Å²) in [6.07, 6.45) is 4.85. The van der Waals surface area contributed by atoms with Crippen molar-refractivity contribution >= 4 is 0 Å². The van der Waals surface area contributed by atoms with E-state index in [1.807, 2.05) is 31.6 Å². The summed E-state index contributed by atoms with van der Waals surface area (Å²) in [6.45, 7) is 3.01.